The smallest absolute Gasteiger partial charge is 0.348 e. The van der Waals surface area contributed by atoms with Gasteiger partial charge >= 0.3 is 5.69 Å². The van der Waals surface area contributed by atoms with Gasteiger partial charge in [-0.05, 0) is 12.8 Å². The van der Waals surface area contributed by atoms with Gasteiger partial charge in [-0.3, -0.25) is 0 Å². The summed E-state index contributed by atoms with van der Waals surface area (Å²) in [5.41, 5.74) is 0.239. The van der Waals surface area contributed by atoms with E-state index in [1.807, 2.05) is 0 Å². The van der Waals surface area contributed by atoms with Crippen molar-refractivity contribution in [3.05, 3.63) is 22.9 Å². The molecule has 2 unspecified atom stereocenters. The highest BCUT2D eigenvalue weighted by Crippen LogP contribution is 2.24. The lowest BCUT2D eigenvalue weighted by Crippen LogP contribution is -2.30. The summed E-state index contributed by atoms with van der Waals surface area (Å²) in [6, 6.07) is 1.72. The Balaban J connectivity index is 1.69. The van der Waals surface area contributed by atoms with Gasteiger partial charge < -0.3 is 10.4 Å². The van der Waals surface area contributed by atoms with Crippen LogP contribution in [0.2, 0.25) is 0 Å². The predicted octanol–water partition coefficient (Wildman–Crippen LogP) is 0.381. The molecular weight excluding hydrogens is 246 g/mol. The summed E-state index contributed by atoms with van der Waals surface area (Å²) in [5, 5.41) is 19.4. The minimum atomic E-state index is -0.295. The second-order valence-corrected chi connectivity index (χ2v) is 5.02. The minimum absolute atomic E-state index is 0.224. The number of H-pyrrole nitrogens is 1. The van der Waals surface area contributed by atoms with Gasteiger partial charge in [0.1, 0.15) is 12.1 Å². The molecule has 0 spiro atoms. The average Bonchev–Trinajstić information content (AvgIpc) is 2.79. The van der Waals surface area contributed by atoms with Crippen molar-refractivity contribution in [1.82, 2.24) is 19.6 Å². The Morgan fingerprint density at radius 3 is 3.16 bits per heavy atom. The first kappa shape index (κ1) is 12.2. The third-order valence-electron chi connectivity index (χ3n) is 3.72. The van der Waals surface area contributed by atoms with Gasteiger partial charge in [-0.15, -0.1) is 0 Å². The van der Waals surface area contributed by atoms with Gasteiger partial charge in [0.25, 0.3) is 0 Å². The van der Waals surface area contributed by atoms with Crippen LogP contribution in [0.3, 0.4) is 0 Å². The third-order valence-corrected chi connectivity index (χ3v) is 3.72. The van der Waals surface area contributed by atoms with Crippen LogP contribution < -0.4 is 11.0 Å². The van der Waals surface area contributed by atoms with Gasteiger partial charge in [0.15, 0.2) is 5.65 Å². The number of fused-ring (bicyclic) bond motifs is 1. The van der Waals surface area contributed by atoms with Crippen molar-refractivity contribution >= 4 is 11.5 Å². The van der Waals surface area contributed by atoms with Gasteiger partial charge in [0.05, 0.1) is 6.10 Å². The highest BCUT2D eigenvalue weighted by atomic mass is 16.3. The number of hydrogen-bond donors (Lipinski definition) is 3. The molecule has 1 aliphatic carbocycles. The Morgan fingerprint density at radius 2 is 2.32 bits per heavy atom. The Bertz CT molecular complexity index is 620. The normalized spacial score (nSPS) is 23.6. The third kappa shape index (κ3) is 2.46. The Morgan fingerprint density at radius 1 is 1.47 bits per heavy atom. The molecule has 2 aromatic heterocycles. The van der Waals surface area contributed by atoms with E-state index < -0.39 is 0 Å². The lowest BCUT2D eigenvalue weighted by Gasteiger charge is -2.27. The largest absolute Gasteiger partial charge is 0.393 e. The maximum absolute atomic E-state index is 11.3. The summed E-state index contributed by atoms with van der Waals surface area (Å²) in [4.78, 5) is 15.4. The molecular formula is C12H17N5O2. The summed E-state index contributed by atoms with van der Waals surface area (Å²) in [7, 11) is 0. The zero-order chi connectivity index (χ0) is 13.2. The first-order chi connectivity index (χ1) is 9.24. The monoisotopic (exact) mass is 263 g/mol. The average molecular weight is 263 g/mol. The first-order valence-electron chi connectivity index (χ1n) is 6.59. The molecule has 0 aromatic carbocycles. The number of anilines is 1. The number of aliphatic hydroxyl groups is 1. The first-order valence-corrected chi connectivity index (χ1v) is 6.59. The molecule has 0 radical (unpaired) electrons. The van der Waals surface area contributed by atoms with Crippen LogP contribution in [0.4, 0.5) is 5.82 Å². The second kappa shape index (κ2) is 5.00. The van der Waals surface area contributed by atoms with Crippen LogP contribution >= 0.6 is 0 Å². The van der Waals surface area contributed by atoms with Crippen molar-refractivity contribution < 1.29 is 5.11 Å². The Labute approximate surface area is 109 Å². The van der Waals surface area contributed by atoms with Gasteiger partial charge in [-0.25, -0.2) is 19.3 Å². The molecule has 0 aliphatic heterocycles. The van der Waals surface area contributed by atoms with E-state index in [9.17, 15) is 9.90 Å². The molecule has 3 rings (SSSR count). The van der Waals surface area contributed by atoms with Crippen molar-refractivity contribution in [2.45, 2.75) is 31.8 Å². The van der Waals surface area contributed by atoms with Crippen LogP contribution in [0.5, 0.6) is 0 Å². The van der Waals surface area contributed by atoms with Crippen molar-refractivity contribution in [3.8, 4) is 0 Å². The van der Waals surface area contributed by atoms with Crippen molar-refractivity contribution in [2.75, 3.05) is 11.9 Å². The van der Waals surface area contributed by atoms with E-state index in [1.165, 1.54) is 17.1 Å². The van der Waals surface area contributed by atoms with Gasteiger partial charge in [-0.2, -0.15) is 5.10 Å². The molecule has 2 heterocycles. The number of aromatic nitrogens is 4. The van der Waals surface area contributed by atoms with E-state index >= 15 is 0 Å². The predicted molar refractivity (Wildman–Crippen MR) is 70.1 cm³/mol. The van der Waals surface area contributed by atoms with Crippen LogP contribution in [0.15, 0.2) is 17.2 Å². The number of nitrogens with zero attached hydrogens (tertiary/aromatic N) is 3. The second-order valence-electron chi connectivity index (χ2n) is 5.02. The summed E-state index contributed by atoms with van der Waals surface area (Å²) in [5.74, 6) is 0.942. The van der Waals surface area contributed by atoms with Crippen molar-refractivity contribution in [1.29, 1.82) is 0 Å². The SMILES string of the molecule is O=c1[nH]nc2cc(NCC3CCCCC3O)ncn12. The summed E-state index contributed by atoms with van der Waals surface area (Å²) < 4.78 is 1.35. The molecule has 19 heavy (non-hydrogen) atoms. The minimum Gasteiger partial charge on any atom is -0.393 e. The molecule has 3 N–H and O–H groups in total. The van der Waals surface area contributed by atoms with E-state index in [0.717, 1.165) is 19.3 Å². The highest BCUT2D eigenvalue weighted by Gasteiger charge is 2.22. The molecule has 1 saturated carbocycles. The topological polar surface area (TPSA) is 95.3 Å². The molecule has 2 aromatic rings. The molecule has 1 fully saturated rings. The fourth-order valence-electron chi connectivity index (χ4n) is 2.57. The molecule has 0 saturated heterocycles. The number of aromatic amines is 1. The fourth-order valence-corrected chi connectivity index (χ4v) is 2.57. The molecule has 7 nitrogen and oxygen atoms in total. The summed E-state index contributed by atoms with van der Waals surface area (Å²) in [6.07, 6.45) is 5.42. The van der Waals surface area contributed by atoms with E-state index in [1.54, 1.807) is 6.07 Å². The molecule has 2 atom stereocenters. The molecule has 7 heteroatoms. The van der Waals surface area contributed by atoms with Crippen LogP contribution in [0, 0.1) is 5.92 Å². The van der Waals surface area contributed by atoms with Crippen LogP contribution in [0.1, 0.15) is 25.7 Å². The van der Waals surface area contributed by atoms with Gasteiger partial charge in [-0.1, -0.05) is 12.8 Å². The number of nitrogens with one attached hydrogen (secondary N) is 2. The Hall–Kier alpha value is -1.89. The van der Waals surface area contributed by atoms with Crippen LogP contribution in [0.25, 0.3) is 5.65 Å². The van der Waals surface area contributed by atoms with Crippen molar-refractivity contribution in [2.24, 2.45) is 5.92 Å². The van der Waals surface area contributed by atoms with E-state index in [0.29, 0.717) is 18.0 Å². The number of rotatable bonds is 3. The van der Waals surface area contributed by atoms with Crippen molar-refractivity contribution in [3.63, 3.8) is 0 Å². The van der Waals surface area contributed by atoms with Crippen LogP contribution in [-0.4, -0.2) is 37.3 Å². The standard InChI is InChI=1S/C12H17N5O2/c18-9-4-2-1-3-8(9)6-13-10-5-11-15-16-12(19)17(11)7-14-10/h5,7-9,13,18H,1-4,6H2,(H,16,19). The molecule has 102 valence electrons. The number of aliphatic hydroxyl groups excluding tert-OH is 1. The van der Waals surface area contributed by atoms with E-state index in [-0.39, 0.29) is 17.7 Å². The summed E-state index contributed by atoms with van der Waals surface area (Å²) in [6.45, 7) is 0.693. The fraction of sp³-hybridized carbons (Fsp3) is 0.583. The number of hydrogen-bond acceptors (Lipinski definition) is 5. The maximum atomic E-state index is 11.3. The van der Waals surface area contributed by atoms with Gasteiger partial charge in [0.2, 0.25) is 0 Å². The lowest BCUT2D eigenvalue weighted by atomic mass is 9.86. The van der Waals surface area contributed by atoms with E-state index in [2.05, 4.69) is 20.5 Å². The molecule has 1 aliphatic rings. The lowest BCUT2D eigenvalue weighted by molar-refractivity contribution is 0.0763. The summed E-state index contributed by atoms with van der Waals surface area (Å²) >= 11 is 0. The maximum Gasteiger partial charge on any atom is 0.348 e. The Kier molecular flexibility index (Phi) is 3.20. The molecule has 0 amide bonds. The quantitative estimate of drug-likeness (QED) is 0.744. The highest BCUT2D eigenvalue weighted by molar-refractivity contribution is 5.48. The zero-order valence-corrected chi connectivity index (χ0v) is 10.5. The van der Waals surface area contributed by atoms with Gasteiger partial charge in [0, 0.05) is 18.5 Å². The zero-order valence-electron chi connectivity index (χ0n) is 10.5. The molecule has 0 bridgehead atoms. The van der Waals surface area contributed by atoms with Crippen LogP contribution in [-0.2, 0) is 0 Å². The van der Waals surface area contributed by atoms with E-state index in [4.69, 9.17) is 0 Å².